The summed E-state index contributed by atoms with van der Waals surface area (Å²) in [5.74, 6) is -3.10. The fraction of sp³-hybridized carbons (Fsp3) is 0.319. The highest BCUT2D eigenvalue weighted by molar-refractivity contribution is 9.09. The van der Waals surface area contributed by atoms with Crippen LogP contribution < -0.4 is 10.6 Å². The van der Waals surface area contributed by atoms with E-state index in [-0.39, 0.29) is 21.7 Å². The van der Waals surface area contributed by atoms with Gasteiger partial charge in [0.05, 0.1) is 44.2 Å². The van der Waals surface area contributed by atoms with E-state index < -0.39 is 53.7 Å². The number of allylic oxidation sites excluding steroid dienone is 1. The van der Waals surface area contributed by atoms with Gasteiger partial charge < -0.3 is 39.8 Å². The molecule has 0 aliphatic carbocycles. The Morgan fingerprint density at radius 2 is 1.30 bits per heavy atom. The van der Waals surface area contributed by atoms with Crippen LogP contribution in [0.5, 0.6) is 0 Å². The number of nitrogens with zero attached hydrogens (tertiary/aromatic N) is 5. The molecule has 0 saturated carbocycles. The quantitative estimate of drug-likeness (QED) is 0.0569. The largest absolute Gasteiger partial charge is 0.478 e. The number of morpholine rings is 1. The fourth-order valence-electron chi connectivity index (χ4n) is 7.43. The van der Waals surface area contributed by atoms with Gasteiger partial charge in [-0.05, 0) is 55.7 Å². The summed E-state index contributed by atoms with van der Waals surface area (Å²) < 4.78 is 48.1. The second-order valence-electron chi connectivity index (χ2n) is 15.4. The number of thiazole rings is 2. The third kappa shape index (κ3) is 15.2. The van der Waals surface area contributed by atoms with Gasteiger partial charge in [-0.3, -0.25) is 14.9 Å². The predicted molar refractivity (Wildman–Crippen MR) is 267 cm³/mol. The van der Waals surface area contributed by atoms with E-state index in [1.807, 2.05) is 10.3 Å². The highest BCUT2D eigenvalue weighted by Gasteiger charge is 2.36. The topological polar surface area (TPSA) is 223 Å². The Morgan fingerprint density at radius 1 is 0.789 bits per heavy atom. The summed E-state index contributed by atoms with van der Waals surface area (Å²) in [4.78, 5) is 66.2. The lowest BCUT2D eigenvalue weighted by atomic mass is 9.95. The Morgan fingerprint density at radius 3 is 1.75 bits per heavy atom. The highest BCUT2D eigenvalue weighted by Crippen LogP contribution is 2.38. The van der Waals surface area contributed by atoms with Crippen molar-refractivity contribution in [3.63, 3.8) is 0 Å². The maximum Gasteiger partial charge on any atom is 0.338 e. The molecule has 4 aromatic rings. The fourth-order valence-corrected chi connectivity index (χ4v) is 9.59. The van der Waals surface area contributed by atoms with Crippen LogP contribution in [0.25, 0.3) is 0 Å². The van der Waals surface area contributed by atoms with Gasteiger partial charge in [-0.2, -0.15) is 0 Å². The maximum absolute atomic E-state index is 13.8. The number of amidine groups is 2. The molecular weight excluding hydrogens is 1080 g/mol. The first-order valence-corrected chi connectivity index (χ1v) is 25.2. The van der Waals surface area contributed by atoms with Crippen LogP contribution in [0.2, 0.25) is 10.0 Å². The highest BCUT2D eigenvalue weighted by atomic mass is 79.9. The number of hydrogen-bond donors (Lipinski definition) is 4. The summed E-state index contributed by atoms with van der Waals surface area (Å²) >= 11 is 18.7. The van der Waals surface area contributed by atoms with Crippen LogP contribution in [0.4, 0.5) is 8.78 Å². The molecule has 4 aliphatic rings. The van der Waals surface area contributed by atoms with E-state index in [9.17, 15) is 28.0 Å². The Labute approximate surface area is 432 Å². The minimum absolute atomic E-state index is 0.0276. The molecule has 2 aromatic carbocycles. The predicted octanol–water partition coefficient (Wildman–Crippen LogP) is 7.84. The van der Waals surface area contributed by atoms with Crippen molar-refractivity contribution in [2.45, 2.75) is 43.6 Å². The van der Waals surface area contributed by atoms with Gasteiger partial charge in [0.15, 0.2) is 21.7 Å². The van der Waals surface area contributed by atoms with E-state index in [2.05, 4.69) is 41.5 Å². The van der Waals surface area contributed by atoms with Crippen LogP contribution in [0, 0.1) is 11.6 Å². The van der Waals surface area contributed by atoms with Gasteiger partial charge in [0.2, 0.25) is 0 Å². The second kappa shape index (κ2) is 26.6. The zero-order valence-electron chi connectivity index (χ0n) is 37.9. The summed E-state index contributed by atoms with van der Waals surface area (Å²) in [5.41, 5.74) is 2.64. The lowest BCUT2D eigenvalue weighted by Gasteiger charge is -2.34. The molecule has 0 spiro atoms. The lowest BCUT2D eigenvalue weighted by Crippen LogP contribution is -2.46. The van der Waals surface area contributed by atoms with Crippen LogP contribution in [0.1, 0.15) is 52.5 Å². The number of carboxylic acids is 2. The number of halogens is 5. The van der Waals surface area contributed by atoms with Crippen molar-refractivity contribution in [2.75, 3.05) is 52.4 Å². The summed E-state index contributed by atoms with van der Waals surface area (Å²) in [6.45, 7) is 2.41. The third-order valence-corrected chi connectivity index (χ3v) is 13.4. The molecular formula is C47H46BrCl2F2N7O10S2. The van der Waals surface area contributed by atoms with E-state index in [1.165, 1.54) is 79.4 Å². The number of ether oxygens (including phenoxy) is 4. The first kappa shape index (κ1) is 54.6. The van der Waals surface area contributed by atoms with Crippen LogP contribution >= 0.6 is 61.8 Å². The van der Waals surface area contributed by atoms with Crippen molar-refractivity contribution in [1.82, 2.24) is 25.5 Å². The van der Waals surface area contributed by atoms with E-state index in [0.29, 0.717) is 81.4 Å². The SMILES string of the molecule is COC(=O)C1=C(CBr)NC(c2nccs2)=N[C@H]1c1ccc(F)cc1Cl.COC(=O)C1=C(CN2CCO[C@H](/C=C/C(=O)O)C2)NC(c2nccs2)=N[C@H]1c1ccc(F)cc1Cl.O=C(O)/C=C/[C@@H]1CCCCO1. The van der Waals surface area contributed by atoms with Gasteiger partial charge in [0.1, 0.15) is 23.7 Å². The van der Waals surface area contributed by atoms with Crippen molar-refractivity contribution in [1.29, 1.82) is 0 Å². The first-order valence-electron chi connectivity index (χ1n) is 21.5. The van der Waals surface area contributed by atoms with E-state index in [1.54, 1.807) is 23.8 Å². The summed E-state index contributed by atoms with van der Waals surface area (Å²) in [7, 11) is 2.57. The average molecular weight is 1120 g/mol. The Kier molecular flexibility index (Phi) is 20.5. The number of methoxy groups -OCH3 is 2. The number of carboxylic acid groups (broad SMARTS) is 2. The smallest absolute Gasteiger partial charge is 0.338 e. The molecule has 4 atom stereocenters. The number of esters is 2. The number of hydrogen-bond acceptors (Lipinski definition) is 17. The van der Waals surface area contributed by atoms with Gasteiger partial charge in [0.25, 0.3) is 0 Å². The number of carbonyl (C=O) groups excluding carboxylic acids is 2. The molecule has 2 fully saturated rings. The van der Waals surface area contributed by atoms with Crippen molar-refractivity contribution >= 4 is 97.4 Å². The number of benzene rings is 2. The minimum atomic E-state index is -1.06. The van der Waals surface area contributed by atoms with Crippen molar-refractivity contribution in [3.05, 3.63) is 149 Å². The van der Waals surface area contributed by atoms with Gasteiger partial charge in [-0.25, -0.2) is 37.9 Å². The molecule has 2 aromatic heterocycles. The van der Waals surface area contributed by atoms with E-state index >= 15 is 0 Å². The number of aliphatic carboxylic acids is 2. The average Bonchev–Trinajstić information content (AvgIpc) is 4.12. The molecule has 376 valence electrons. The molecule has 2 saturated heterocycles. The molecule has 4 N–H and O–H groups in total. The van der Waals surface area contributed by atoms with Crippen LogP contribution in [-0.2, 0) is 38.1 Å². The number of alkyl halides is 1. The van der Waals surface area contributed by atoms with Crippen LogP contribution in [0.15, 0.2) is 116 Å². The van der Waals surface area contributed by atoms with Gasteiger partial charge in [0, 0.05) is 99.4 Å². The Hall–Kier alpha value is -5.72. The molecule has 0 bridgehead atoms. The normalized spacial score (nSPS) is 20.4. The molecule has 71 heavy (non-hydrogen) atoms. The minimum Gasteiger partial charge on any atom is -0.478 e. The molecule has 24 heteroatoms. The molecule has 17 nitrogen and oxygen atoms in total. The zero-order valence-corrected chi connectivity index (χ0v) is 42.6. The number of rotatable bonds is 13. The zero-order chi connectivity index (χ0) is 51.0. The number of nitrogens with one attached hydrogen (secondary N) is 2. The van der Waals surface area contributed by atoms with Gasteiger partial charge >= 0.3 is 23.9 Å². The molecule has 0 unspecified atom stereocenters. The summed E-state index contributed by atoms with van der Waals surface area (Å²) in [6.07, 6.45) is 11.4. The molecule has 0 radical (unpaired) electrons. The van der Waals surface area contributed by atoms with E-state index in [4.69, 9.17) is 57.4 Å². The van der Waals surface area contributed by atoms with Gasteiger partial charge in [-0.1, -0.05) is 51.3 Å². The van der Waals surface area contributed by atoms with Crippen molar-refractivity contribution in [2.24, 2.45) is 9.98 Å². The third-order valence-electron chi connectivity index (χ3n) is 10.7. The van der Waals surface area contributed by atoms with Crippen LogP contribution in [-0.4, -0.2) is 125 Å². The maximum atomic E-state index is 13.8. The second-order valence-corrected chi connectivity index (χ2v) is 18.5. The molecule has 6 heterocycles. The monoisotopic (exact) mass is 1120 g/mol. The van der Waals surface area contributed by atoms with E-state index in [0.717, 1.165) is 38.0 Å². The number of aromatic nitrogens is 2. The van der Waals surface area contributed by atoms with Crippen molar-refractivity contribution in [3.8, 4) is 0 Å². The van der Waals surface area contributed by atoms with Gasteiger partial charge in [-0.15, -0.1) is 22.7 Å². The lowest BCUT2D eigenvalue weighted by molar-refractivity contribution is -0.137. The summed E-state index contributed by atoms with van der Waals surface area (Å²) in [6, 6.07) is 6.35. The molecule has 8 rings (SSSR count). The molecule has 0 amide bonds. The van der Waals surface area contributed by atoms with Crippen LogP contribution in [0.3, 0.4) is 0 Å². The molecule has 4 aliphatic heterocycles. The summed E-state index contributed by atoms with van der Waals surface area (Å²) in [5, 5.41) is 29.2. The Balaban J connectivity index is 0.000000198. The van der Waals surface area contributed by atoms with Crippen molar-refractivity contribution < 1.29 is 57.1 Å². The first-order chi connectivity index (χ1) is 34.2. The number of carbonyl (C=O) groups is 4. The Bertz CT molecular complexity index is 2740. The number of aliphatic imine (C=N–C) groups is 2. The standard InChI is InChI=1S/C23H22ClFN4O5S.C16H12BrClFN3O2S.C8H12O3/c1-33-23(32)19-17(12-29-7-8-34-14(11-29)3-5-18(30)31)27-21(22-26-6-9-35-22)28-20(19)15-4-2-13(25)10-16(15)24;1-24-16(23)12-11(7-17)21-14(15-20-4-5-25-15)22-13(12)9-3-2-8(19)6-10(9)18;9-8(10)5-4-7-3-1-2-6-11-7/h2-6,9-10,14,20H,7-8,11-12H2,1H3,(H,27,28)(H,30,31);2-6,13H,7H2,1H3,(H,21,22);4-5,7H,1-3,6H2,(H,9,10)/b5-3+;;5-4+/t14-,20+;13-;7-/m100/s1.